The number of tetrazole rings is 1. The third-order valence-electron chi connectivity index (χ3n) is 4.39. The van der Waals surface area contributed by atoms with E-state index in [0.29, 0.717) is 16.7 Å². The third kappa shape index (κ3) is 4.03. The first-order chi connectivity index (χ1) is 14.0. The van der Waals surface area contributed by atoms with Crippen LogP contribution in [0.25, 0.3) is 22.3 Å². The lowest BCUT2D eigenvalue weighted by molar-refractivity contribution is -0.146. The van der Waals surface area contributed by atoms with Crippen LogP contribution in [0.3, 0.4) is 0 Å². The number of hydrogen-bond acceptors (Lipinski definition) is 7. The maximum atomic E-state index is 12.2. The van der Waals surface area contributed by atoms with Gasteiger partial charge >= 0.3 is 5.97 Å². The molecular weight excluding hydrogens is 372 g/mol. The fraction of sp³-hybridized carbons (Fsp3) is 0.200. The maximum Gasteiger partial charge on any atom is 0.330 e. The summed E-state index contributed by atoms with van der Waals surface area (Å²) < 4.78 is 5.21. The van der Waals surface area contributed by atoms with Gasteiger partial charge in [-0.3, -0.25) is 4.79 Å². The van der Waals surface area contributed by atoms with Gasteiger partial charge in [-0.15, -0.1) is 10.2 Å². The van der Waals surface area contributed by atoms with Crippen molar-refractivity contribution in [2.75, 3.05) is 0 Å². The molecule has 0 aliphatic carbocycles. The molecular formula is C20H18N6O3. The molecule has 4 rings (SSSR count). The number of aromatic amines is 1. The molecule has 0 radical (unpaired) electrons. The Balaban J connectivity index is 1.42. The van der Waals surface area contributed by atoms with Gasteiger partial charge in [0.2, 0.25) is 5.82 Å². The number of H-pyrrole nitrogens is 1. The molecule has 0 bridgehead atoms. The van der Waals surface area contributed by atoms with Crippen LogP contribution in [0.4, 0.5) is 0 Å². The molecule has 0 saturated carbocycles. The van der Waals surface area contributed by atoms with Crippen molar-refractivity contribution in [2.45, 2.75) is 27.0 Å². The van der Waals surface area contributed by atoms with Gasteiger partial charge in [-0.1, -0.05) is 42.0 Å². The number of benzene rings is 2. The van der Waals surface area contributed by atoms with Crippen LogP contribution in [-0.2, 0) is 22.7 Å². The maximum absolute atomic E-state index is 12.2. The number of rotatable bonds is 5. The second-order valence-corrected chi connectivity index (χ2v) is 6.65. The standard InChI is InChI=1S/C20H18N6O3/c1-12-6-8-14(9-7-12)19-23-25-26(24-19)10-17(27)29-11-16-21-18-13(2)4-3-5-15(18)20(28)22-16/h3-9H,10-11H2,1-2H3,(H,21,22,28). The second-order valence-electron chi connectivity index (χ2n) is 6.65. The number of aryl methyl sites for hydroxylation is 2. The SMILES string of the molecule is Cc1ccc(-c2nnn(CC(=O)OCc3nc4c(C)cccc4c(=O)[nH]3)n2)cc1. The first-order valence-corrected chi connectivity index (χ1v) is 8.98. The lowest BCUT2D eigenvalue weighted by atomic mass is 10.1. The molecule has 29 heavy (non-hydrogen) atoms. The van der Waals surface area contributed by atoms with Gasteiger partial charge in [0.15, 0.2) is 6.54 Å². The largest absolute Gasteiger partial charge is 0.456 e. The highest BCUT2D eigenvalue weighted by Gasteiger charge is 2.12. The van der Waals surface area contributed by atoms with Crippen molar-refractivity contribution in [3.8, 4) is 11.4 Å². The van der Waals surface area contributed by atoms with E-state index in [1.165, 1.54) is 0 Å². The van der Waals surface area contributed by atoms with E-state index in [9.17, 15) is 9.59 Å². The van der Waals surface area contributed by atoms with Gasteiger partial charge in [0.1, 0.15) is 12.4 Å². The number of nitrogens with zero attached hydrogens (tertiary/aromatic N) is 5. The van der Waals surface area contributed by atoms with Gasteiger partial charge in [-0.25, -0.2) is 9.78 Å². The summed E-state index contributed by atoms with van der Waals surface area (Å²) in [6, 6.07) is 13.0. The molecule has 0 amide bonds. The summed E-state index contributed by atoms with van der Waals surface area (Å²) in [6.07, 6.45) is 0. The first-order valence-electron chi connectivity index (χ1n) is 8.98. The second kappa shape index (κ2) is 7.63. The van der Waals surface area contributed by atoms with Gasteiger partial charge in [-0.05, 0) is 30.7 Å². The Labute approximate surface area is 165 Å². The number of nitrogens with one attached hydrogen (secondary N) is 1. The topological polar surface area (TPSA) is 116 Å². The molecule has 0 unspecified atom stereocenters. The molecule has 146 valence electrons. The van der Waals surface area contributed by atoms with Crippen LogP contribution in [0.5, 0.6) is 0 Å². The quantitative estimate of drug-likeness (QED) is 0.518. The van der Waals surface area contributed by atoms with Gasteiger partial charge in [0, 0.05) is 5.56 Å². The van der Waals surface area contributed by atoms with Gasteiger partial charge in [0.05, 0.1) is 10.9 Å². The molecule has 0 atom stereocenters. The van der Waals surface area contributed by atoms with Crippen LogP contribution in [0.1, 0.15) is 17.0 Å². The predicted octanol–water partition coefficient (Wildman–Crippen LogP) is 1.94. The average molecular weight is 390 g/mol. The Morgan fingerprint density at radius 3 is 2.72 bits per heavy atom. The summed E-state index contributed by atoms with van der Waals surface area (Å²) in [7, 11) is 0. The Kier molecular flexibility index (Phi) is 4.86. The highest BCUT2D eigenvalue weighted by atomic mass is 16.5. The van der Waals surface area contributed by atoms with Crippen LogP contribution in [0, 0.1) is 13.8 Å². The zero-order valence-corrected chi connectivity index (χ0v) is 15.9. The number of ether oxygens (including phenoxy) is 1. The van der Waals surface area contributed by atoms with E-state index in [-0.39, 0.29) is 24.5 Å². The number of carbonyl (C=O) groups is 1. The van der Waals surface area contributed by atoms with Crippen LogP contribution in [-0.4, -0.2) is 36.1 Å². The highest BCUT2D eigenvalue weighted by molar-refractivity contribution is 5.80. The minimum absolute atomic E-state index is 0.155. The van der Waals surface area contributed by atoms with E-state index in [1.807, 2.05) is 44.2 Å². The number of esters is 1. The van der Waals surface area contributed by atoms with Crippen molar-refractivity contribution in [3.63, 3.8) is 0 Å². The van der Waals surface area contributed by atoms with E-state index < -0.39 is 5.97 Å². The summed E-state index contributed by atoms with van der Waals surface area (Å²) in [4.78, 5) is 32.5. The minimum Gasteiger partial charge on any atom is -0.456 e. The van der Waals surface area contributed by atoms with Crippen molar-refractivity contribution >= 4 is 16.9 Å². The van der Waals surface area contributed by atoms with Gasteiger partial charge < -0.3 is 9.72 Å². The molecule has 9 nitrogen and oxygen atoms in total. The predicted molar refractivity (Wildman–Crippen MR) is 105 cm³/mol. The molecule has 9 heteroatoms. The Morgan fingerprint density at radius 2 is 1.93 bits per heavy atom. The lowest BCUT2D eigenvalue weighted by Gasteiger charge is -2.06. The van der Waals surface area contributed by atoms with Crippen molar-refractivity contribution in [1.29, 1.82) is 0 Å². The molecule has 0 aliphatic heterocycles. The normalized spacial score (nSPS) is 11.0. The Hall–Kier alpha value is -3.88. The molecule has 4 aromatic rings. The van der Waals surface area contributed by atoms with Crippen molar-refractivity contribution in [2.24, 2.45) is 0 Å². The fourth-order valence-electron chi connectivity index (χ4n) is 2.86. The highest BCUT2D eigenvalue weighted by Crippen LogP contribution is 2.14. The summed E-state index contributed by atoms with van der Waals surface area (Å²) in [5.74, 6) is 0.135. The molecule has 0 aliphatic rings. The van der Waals surface area contributed by atoms with E-state index >= 15 is 0 Å². The van der Waals surface area contributed by atoms with Crippen molar-refractivity contribution in [1.82, 2.24) is 30.2 Å². The monoisotopic (exact) mass is 390 g/mol. The van der Waals surface area contributed by atoms with Crippen LogP contribution in [0.15, 0.2) is 47.3 Å². The Bertz CT molecular complexity index is 1240. The Morgan fingerprint density at radius 1 is 1.14 bits per heavy atom. The third-order valence-corrected chi connectivity index (χ3v) is 4.39. The average Bonchev–Trinajstić information content (AvgIpc) is 3.16. The van der Waals surface area contributed by atoms with Gasteiger partial charge in [-0.2, -0.15) is 4.80 Å². The molecule has 2 aromatic heterocycles. The molecule has 1 N–H and O–H groups in total. The van der Waals surface area contributed by atoms with E-state index in [2.05, 4.69) is 25.4 Å². The zero-order valence-electron chi connectivity index (χ0n) is 15.9. The van der Waals surface area contributed by atoms with Crippen LogP contribution in [0.2, 0.25) is 0 Å². The smallest absolute Gasteiger partial charge is 0.330 e. The molecule has 2 aromatic carbocycles. The number of hydrogen-bond donors (Lipinski definition) is 1. The minimum atomic E-state index is -0.564. The number of carbonyl (C=O) groups excluding carboxylic acids is 1. The summed E-state index contributed by atoms with van der Waals surface area (Å²) in [6.45, 7) is 3.50. The molecule has 0 fully saturated rings. The van der Waals surface area contributed by atoms with Crippen molar-refractivity contribution < 1.29 is 9.53 Å². The molecule has 0 saturated heterocycles. The number of para-hydroxylation sites is 1. The number of aromatic nitrogens is 6. The van der Waals surface area contributed by atoms with E-state index in [4.69, 9.17) is 4.74 Å². The fourth-order valence-corrected chi connectivity index (χ4v) is 2.86. The molecule has 2 heterocycles. The van der Waals surface area contributed by atoms with Crippen LogP contribution < -0.4 is 5.56 Å². The van der Waals surface area contributed by atoms with E-state index in [1.54, 1.807) is 12.1 Å². The number of fused-ring (bicyclic) bond motifs is 1. The van der Waals surface area contributed by atoms with E-state index in [0.717, 1.165) is 21.5 Å². The first kappa shape index (κ1) is 18.5. The van der Waals surface area contributed by atoms with Crippen molar-refractivity contribution in [3.05, 3.63) is 69.8 Å². The summed E-state index contributed by atoms with van der Waals surface area (Å²) >= 11 is 0. The molecule has 0 spiro atoms. The lowest BCUT2D eigenvalue weighted by Crippen LogP contribution is -2.18. The summed E-state index contributed by atoms with van der Waals surface area (Å²) in [5, 5.41) is 12.5. The van der Waals surface area contributed by atoms with Crippen LogP contribution >= 0.6 is 0 Å². The summed E-state index contributed by atoms with van der Waals surface area (Å²) in [5.41, 5.74) is 3.12. The van der Waals surface area contributed by atoms with Gasteiger partial charge in [0.25, 0.3) is 5.56 Å². The zero-order chi connectivity index (χ0) is 20.4.